The number of piperidine rings is 1. The minimum atomic E-state index is -3.57. The monoisotopic (exact) mass is 468 g/mol. The van der Waals surface area contributed by atoms with Crippen LogP contribution in [-0.2, 0) is 20.6 Å². The van der Waals surface area contributed by atoms with Crippen LogP contribution in [0, 0.1) is 26.7 Å². The van der Waals surface area contributed by atoms with Crippen molar-refractivity contribution in [3.63, 3.8) is 0 Å². The second kappa shape index (κ2) is 9.27. The summed E-state index contributed by atoms with van der Waals surface area (Å²) in [6.45, 7) is 6.58. The van der Waals surface area contributed by atoms with E-state index in [1.165, 1.54) is 4.31 Å². The first-order valence-corrected chi connectivity index (χ1v) is 12.2. The van der Waals surface area contributed by atoms with Crippen LogP contribution in [-0.4, -0.2) is 31.7 Å². The van der Waals surface area contributed by atoms with Crippen molar-refractivity contribution in [2.75, 3.05) is 18.4 Å². The molecule has 0 spiro atoms. The summed E-state index contributed by atoms with van der Waals surface area (Å²) >= 11 is 12.3. The Labute approximate surface area is 188 Å². The van der Waals surface area contributed by atoms with Gasteiger partial charge in [-0.3, -0.25) is 4.79 Å². The fourth-order valence-electron chi connectivity index (χ4n) is 3.94. The number of amides is 1. The zero-order chi connectivity index (χ0) is 22.1. The van der Waals surface area contributed by atoms with Crippen molar-refractivity contribution in [1.29, 1.82) is 0 Å². The topological polar surface area (TPSA) is 66.5 Å². The van der Waals surface area contributed by atoms with Gasteiger partial charge in [0, 0.05) is 40.3 Å². The Bertz CT molecular complexity index is 1020. The van der Waals surface area contributed by atoms with Gasteiger partial charge < -0.3 is 5.32 Å². The van der Waals surface area contributed by atoms with E-state index in [1.54, 1.807) is 18.2 Å². The summed E-state index contributed by atoms with van der Waals surface area (Å²) in [6, 6.07) is 9.02. The lowest BCUT2D eigenvalue weighted by molar-refractivity contribution is -0.120. The minimum absolute atomic E-state index is 0.0590. The summed E-state index contributed by atoms with van der Waals surface area (Å²) in [5.74, 6) is -0.527. The van der Waals surface area contributed by atoms with Crippen LogP contribution in [0.15, 0.2) is 30.3 Å². The van der Waals surface area contributed by atoms with Crippen molar-refractivity contribution in [3.8, 4) is 0 Å². The molecule has 3 rings (SSSR count). The molecule has 1 aliphatic rings. The zero-order valence-corrected chi connectivity index (χ0v) is 19.7. The second-order valence-electron chi connectivity index (χ2n) is 7.89. The third-order valence-corrected chi connectivity index (χ3v) is 8.05. The van der Waals surface area contributed by atoms with Crippen LogP contribution in [0.3, 0.4) is 0 Å². The summed E-state index contributed by atoms with van der Waals surface area (Å²) in [5, 5.41) is 3.72. The molecule has 162 valence electrons. The highest BCUT2D eigenvalue weighted by molar-refractivity contribution is 7.88. The first kappa shape index (κ1) is 23.1. The van der Waals surface area contributed by atoms with Crippen molar-refractivity contribution in [1.82, 2.24) is 4.31 Å². The molecule has 1 heterocycles. The van der Waals surface area contributed by atoms with Crippen LogP contribution in [0.1, 0.15) is 35.1 Å². The molecular weight excluding hydrogens is 443 g/mol. The van der Waals surface area contributed by atoms with Gasteiger partial charge in [-0.15, -0.1) is 0 Å². The number of sulfonamides is 1. The molecule has 0 aliphatic carbocycles. The van der Waals surface area contributed by atoms with Gasteiger partial charge in [-0.05, 0) is 56.9 Å². The molecule has 1 fully saturated rings. The van der Waals surface area contributed by atoms with E-state index in [9.17, 15) is 13.2 Å². The lowest BCUT2D eigenvalue weighted by Crippen LogP contribution is -2.42. The third-order valence-electron chi connectivity index (χ3n) is 5.53. The smallest absolute Gasteiger partial charge is 0.227 e. The quantitative estimate of drug-likeness (QED) is 0.663. The number of hydrogen-bond donors (Lipinski definition) is 1. The maximum absolute atomic E-state index is 12.9. The maximum atomic E-state index is 12.9. The average molecular weight is 469 g/mol. The fraction of sp³-hybridized carbons (Fsp3) is 0.409. The Balaban J connectivity index is 1.63. The van der Waals surface area contributed by atoms with Gasteiger partial charge in [0.25, 0.3) is 0 Å². The number of hydrogen-bond acceptors (Lipinski definition) is 3. The number of carbonyl (C=O) groups excluding carboxylic acids is 1. The molecule has 1 N–H and O–H groups in total. The van der Waals surface area contributed by atoms with Gasteiger partial charge in [-0.25, -0.2) is 12.7 Å². The van der Waals surface area contributed by atoms with E-state index >= 15 is 0 Å². The standard InChI is InChI=1S/C22H26Cl2N2O3S/c1-14-11-15(2)21(16(3)12-14)25-22(27)17-7-9-26(10-8-17)30(28,29)13-18-19(23)5-4-6-20(18)24/h4-6,11-12,17H,7-10,13H2,1-3H3,(H,25,27). The molecule has 1 aliphatic heterocycles. The molecule has 0 saturated carbocycles. The Morgan fingerprint density at radius 3 is 2.13 bits per heavy atom. The molecule has 5 nitrogen and oxygen atoms in total. The van der Waals surface area contributed by atoms with Gasteiger partial charge >= 0.3 is 0 Å². The maximum Gasteiger partial charge on any atom is 0.227 e. The lowest BCUT2D eigenvalue weighted by Gasteiger charge is -2.31. The fourth-order valence-corrected chi connectivity index (χ4v) is 6.26. The highest BCUT2D eigenvalue weighted by Gasteiger charge is 2.32. The van der Waals surface area contributed by atoms with E-state index in [2.05, 4.69) is 5.32 Å². The highest BCUT2D eigenvalue weighted by Crippen LogP contribution is 2.30. The molecule has 0 aromatic heterocycles. The highest BCUT2D eigenvalue weighted by atomic mass is 35.5. The van der Waals surface area contributed by atoms with Crippen LogP contribution in [0.25, 0.3) is 0 Å². The van der Waals surface area contributed by atoms with Gasteiger partial charge in [0.2, 0.25) is 15.9 Å². The molecule has 0 radical (unpaired) electrons. The molecule has 2 aromatic carbocycles. The Morgan fingerprint density at radius 2 is 1.60 bits per heavy atom. The molecule has 1 amide bonds. The number of halogens is 2. The van der Waals surface area contributed by atoms with Gasteiger partial charge in [0.1, 0.15) is 0 Å². The Morgan fingerprint density at radius 1 is 1.07 bits per heavy atom. The largest absolute Gasteiger partial charge is 0.325 e. The Kier molecular flexibility index (Phi) is 7.13. The molecular formula is C22H26Cl2N2O3S. The lowest BCUT2D eigenvalue weighted by atomic mass is 9.96. The van der Waals surface area contributed by atoms with E-state index < -0.39 is 10.0 Å². The summed E-state index contributed by atoms with van der Waals surface area (Å²) < 4.78 is 27.1. The summed E-state index contributed by atoms with van der Waals surface area (Å²) in [7, 11) is -3.57. The van der Waals surface area contributed by atoms with Crippen LogP contribution in [0.4, 0.5) is 5.69 Å². The predicted molar refractivity (Wildman–Crippen MR) is 123 cm³/mol. The molecule has 30 heavy (non-hydrogen) atoms. The number of carbonyl (C=O) groups is 1. The predicted octanol–water partition coefficient (Wildman–Crippen LogP) is 5.10. The first-order chi connectivity index (χ1) is 14.1. The van der Waals surface area contributed by atoms with Gasteiger partial charge in [-0.2, -0.15) is 0 Å². The zero-order valence-electron chi connectivity index (χ0n) is 17.3. The van der Waals surface area contributed by atoms with Crippen LogP contribution < -0.4 is 5.32 Å². The molecule has 2 aromatic rings. The van der Waals surface area contributed by atoms with E-state index in [0.717, 1.165) is 22.4 Å². The molecule has 0 unspecified atom stereocenters. The number of anilines is 1. The number of nitrogens with zero attached hydrogens (tertiary/aromatic N) is 1. The number of benzene rings is 2. The number of nitrogens with one attached hydrogen (secondary N) is 1. The normalized spacial score (nSPS) is 15.9. The molecule has 8 heteroatoms. The molecule has 1 saturated heterocycles. The first-order valence-electron chi connectivity index (χ1n) is 9.88. The average Bonchev–Trinajstić information content (AvgIpc) is 2.67. The van der Waals surface area contributed by atoms with Crippen molar-refractivity contribution in [3.05, 3.63) is 62.6 Å². The SMILES string of the molecule is Cc1cc(C)c(NC(=O)C2CCN(S(=O)(=O)Cc3c(Cl)cccc3Cl)CC2)c(C)c1. The summed E-state index contributed by atoms with van der Waals surface area (Å²) in [4.78, 5) is 12.8. The van der Waals surface area contributed by atoms with Crippen molar-refractivity contribution in [2.45, 2.75) is 39.4 Å². The van der Waals surface area contributed by atoms with E-state index in [1.807, 2.05) is 32.9 Å². The van der Waals surface area contributed by atoms with Gasteiger partial charge in [0.15, 0.2) is 0 Å². The molecule has 0 bridgehead atoms. The second-order valence-corrected chi connectivity index (χ2v) is 10.7. The van der Waals surface area contributed by atoms with Gasteiger partial charge in [0.05, 0.1) is 5.75 Å². The van der Waals surface area contributed by atoms with E-state index in [4.69, 9.17) is 23.2 Å². The van der Waals surface area contributed by atoms with Crippen molar-refractivity contribution >= 4 is 44.8 Å². The number of aryl methyl sites for hydroxylation is 3. The molecule has 0 atom stereocenters. The van der Waals surface area contributed by atoms with E-state index in [-0.39, 0.29) is 17.6 Å². The van der Waals surface area contributed by atoms with Gasteiger partial charge in [-0.1, -0.05) is 47.0 Å². The van der Waals surface area contributed by atoms with E-state index in [0.29, 0.717) is 41.5 Å². The number of rotatable bonds is 5. The third kappa shape index (κ3) is 5.17. The summed E-state index contributed by atoms with van der Waals surface area (Å²) in [5.41, 5.74) is 4.45. The van der Waals surface area contributed by atoms with Crippen molar-refractivity contribution in [2.24, 2.45) is 5.92 Å². The van der Waals surface area contributed by atoms with Crippen molar-refractivity contribution < 1.29 is 13.2 Å². The van der Waals surface area contributed by atoms with Crippen LogP contribution >= 0.6 is 23.2 Å². The summed E-state index contributed by atoms with van der Waals surface area (Å²) in [6.07, 6.45) is 0.955. The van der Waals surface area contributed by atoms with Crippen LogP contribution in [0.2, 0.25) is 10.0 Å². The van der Waals surface area contributed by atoms with Crippen LogP contribution in [0.5, 0.6) is 0 Å². The Hall–Kier alpha value is -1.60. The minimum Gasteiger partial charge on any atom is -0.325 e.